The molecule has 1 aliphatic carbocycles. The van der Waals surface area contributed by atoms with Gasteiger partial charge in [-0.3, -0.25) is 0 Å². The Balaban J connectivity index is 0.000000204. The molecular weight excluding hydrogens is 258 g/mol. The first-order valence-electron chi connectivity index (χ1n) is 6.87. The van der Waals surface area contributed by atoms with Crippen LogP contribution in [-0.4, -0.2) is 40.5 Å². The minimum Gasteiger partial charge on any atom is -0.479 e. The molecule has 1 aromatic carbocycles. The zero-order valence-corrected chi connectivity index (χ0v) is 11.7. The van der Waals surface area contributed by atoms with Crippen molar-refractivity contribution in [2.75, 3.05) is 7.05 Å². The quantitative estimate of drug-likeness (QED) is 0.671. The molecule has 0 aromatic heterocycles. The highest BCUT2D eigenvalue weighted by Gasteiger charge is 2.20. The summed E-state index contributed by atoms with van der Waals surface area (Å²) in [6.45, 7) is 0. The molecule has 112 valence electrons. The average molecular weight is 281 g/mol. The number of benzene rings is 1. The van der Waals surface area contributed by atoms with Gasteiger partial charge in [-0.25, -0.2) is 4.79 Å². The molecule has 2 rings (SSSR count). The van der Waals surface area contributed by atoms with Crippen LogP contribution in [0.25, 0.3) is 0 Å². The molecule has 1 saturated carbocycles. The third-order valence-corrected chi connectivity index (χ3v) is 3.45. The number of aliphatic hydroxyl groups is 2. The first-order chi connectivity index (χ1) is 9.56. The zero-order valence-electron chi connectivity index (χ0n) is 11.7. The van der Waals surface area contributed by atoms with Crippen LogP contribution in [0.15, 0.2) is 30.3 Å². The number of hydrogen-bond acceptors (Lipinski definition) is 4. The van der Waals surface area contributed by atoms with E-state index in [2.05, 4.69) is 5.32 Å². The van der Waals surface area contributed by atoms with E-state index in [0.29, 0.717) is 11.6 Å². The van der Waals surface area contributed by atoms with Crippen molar-refractivity contribution < 1.29 is 20.1 Å². The Morgan fingerprint density at radius 3 is 2.30 bits per heavy atom. The average Bonchev–Trinajstić information content (AvgIpc) is 2.48. The van der Waals surface area contributed by atoms with E-state index in [4.69, 9.17) is 10.2 Å². The Labute approximate surface area is 119 Å². The maximum atomic E-state index is 10.2. The summed E-state index contributed by atoms with van der Waals surface area (Å²) in [6.07, 6.45) is 3.07. The fourth-order valence-corrected chi connectivity index (χ4v) is 2.23. The molecule has 0 bridgehead atoms. The number of hydrogen-bond donors (Lipinski definition) is 4. The van der Waals surface area contributed by atoms with Gasteiger partial charge in [0, 0.05) is 6.04 Å². The number of carboxylic acids is 1. The summed E-state index contributed by atoms with van der Waals surface area (Å²) in [7, 11) is 1.92. The number of rotatable bonds is 3. The number of likely N-dealkylation sites (N-methyl/N-ethyl adjacent to an activating group) is 1. The summed E-state index contributed by atoms with van der Waals surface area (Å²) in [6, 6.07) is 8.62. The third-order valence-electron chi connectivity index (χ3n) is 3.45. The van der Waals surface area contributed by atoms with Crippen molar-refractivity contribution >= 4 is 5.97 Å². The van der Waals surface area contributed by atoms with E-state index < -0.39 is 12.1 Å². The van der Waals surface area contributed by atoms with Crippen LogP contribution in [0, 0.1) is 0 Å². The van der Waals surface area contributed by atoms with Crippen LogP contribution in [0.3, 0.4) is 0 Å². The van der Waals surface area contributed by atoms with Gasteiger partial charge in [0.15, 0.2) is 6.10 Å². The van der Waals surface area contributed by atoms with Crippen molar-refractivity contribution in [1.82, 2.24) is 5.32 Å². The van der Waals surface area contributed by atoms with Gasteiger partial charge in [0.1, 0.15) is 0 Å². The maximum absolute atomic E-state index is 10.2. The Morgan fingerprint density at radius 1 is 1.25 bits per heavy atom. The van der Waals surface area contributed by atoms with E-state index in [0.717, 1.165) is 12.8 Å². The number of carboxylic acid groups (broad SMARTS) is 1. The second-order valence-electron chi connectivity index (χ2n) is 4.90. The van der Waals surface area contributed by atoms with E-state index in [1.165, 1.54) is 12.8 Å². The van der Waals surface area contributed by atoms with Gasteiger partial charge >= 0.3 is 5.97 Å². The minimum atomic E-state index is -1.41. The topological polar surface area (TPSA) is 89.8 Å². The van der Waals surface area contributed by atoms with Gasteiger partial charge in [0.25, 0.3) is 0 Å². The first-order valence-corrected chi connectivity index (χ1v) is 6.87. The molecule has 0 heterocycles. The molecule has 1 aliphatic rings. The monoisotopic (exact) mass is 281 g/mol. The Morgan fingerprint density at radius 2 is 1.85 bits per heavy atom. The maximum Gasteiger partial charge on any atom is 0.337 e. The predicted octanol–water partition coefficient (Wildman–Crippen LogP) is 1.31. The molecule has 1 fully saturated rings. The normalized spacial score (nSPS) is 23.4. The fraction of sp³-hybridized carbons (Fsp3) is 0.533. The molecule has 3 atom stereocenters. The standard InChI is InChI=1S/C8H8O3.C7H15NO/c9-7(8(10)11)6-4-2-1-3-5-6;1-8-6-4-2-3-5-7(6)9/h1-5,7,9H,(H,10,11);6-9H,2-5H2,1H3/t7-;6-,7-/m00/s1. The zero-order chi connectivity index (χ0) is 15.0. The van der Waals surface area contributed by atoms with Gasteiger partial charge in [0.05, 0.1) is 6.10 Å². The third kappa shape index (κ3) is 5.28. The van der Waals surface area contributed by atoms with Crippen molar-refractivity contribution in [3.63, 3.8) is 0 Å². The van der Waals surface area contributed by atoms with Crippen LogP contribution in [0.4, 0.5) is 0 Å². The molecule has 1 aromatic rings. The minimum absolute atomic E-state index is 0.0938. The highest BCUT2D eigenvalue weighted by molar-refractivity contribution is 5.73. The highest BCUT2D eigenvalue weighted by Crippen LogP contribution is 2.17. The van der Waals surface area contributed by atoms with Crippen molar-refractivity contribution in [3.05, 3.63) is 35.9 Å². The van der Waals surface area contributed by atoms with E-state index in [1.54, 1.807) is 30.3 Å². The number of nitrogens with one attached hydrogen (secondary N) is 1. The summed E-state index contributed by atoms with van der Waals surface area (Å²) in [5.74, 6) is -1.23. The number of aliphatic carboxylic acids is 1. The van der Waals surface area contributed by atoms with Crippen molar-refractivity contribution in [1.29, 1.82) is 0 Å². The van der Waals surface area contributed by atoms with E-state index >= 15 is 0 Å². The lowest BCUT2D eigenvalue weighted by Gasteiger charge is -2.26. The van der Waals surface area contributed by atoms with Crippen molar-refractivity contribution in [2.24, 2.45) is 0 Å². The lowest BCUT2D eigenvalue weighted by molar-refractivity contribution is -0.146. The lowest BCUT2D eigenvalue weighted by Crippen LogP contribution is -2.39. The van der Waals surface area contributed by atoms with Crippen molar-refractivity contribution in [2.45, 2.75) is 43.9 Å². The summed E-state index contributed by atoms with van der Waals surface area (Å²) in [5, 5.41) is 29.8. The van der Waals surface area contributed by atoms with Gasteiger partial charge < -0.3 is 20.6 Å². The van der Waals surface area contributed by atoms with E-state index in [9.17, 15) is 9.90 Å². The Bertz CT molecular complexity index is 396. The highest BCUT2D eigenvalue weighted by atomic mass is 16.4. The van der Waals surface area contributed by atoms with E-state index in [-0.39, 0.29) is 6.10 Å². The largest absolute Gasteiger partial charge is 0.479 e. The fourth-order valence-electron chi connectivity index (χ4n) is 2.23. The van der Waals surface area contributed by atoms with Gasteiger partial charge in [-0.1, -0.05) is 43.2 Å². The number of aliphatic hydroxyl groups excluding tert-OH is 2. The summed E-state index contributed by atoms with van der Waals surface area (Å²) in [5.41, 5.74) is 0.403. The van der Waals surface area contributed by atoms with Crippen LogP contribution in [0.2, 0.25) is 0 Å². The molecule has 0 amide bonds. The van der Waals surface area contributed by atoms with Gasteiger partial charge in [-0.2, -0.15) is 0 Å². The predicted molar refractivity (Wildman–Crippen MR) is 76.4 cm³/mol. The van der Waals surface area contributed by atoms with Crippen LogP contribution in [0.1, 0.15) is 37.4 Å². The molecule has 5 heteroatoms. The SMILES string of the molecule is CN[C@H]1CCCC[C@@H]1O.O=C(O)[C@@H](O)c1ccccc1. The smallest absolute Gasteiger partial charge is 0.337 e. The lowest BCUT2D eigenvalue weighted by atomic mass is 9.93. The van der Waals surface area contributed by atoms with Crippen molar-refractivity contribution in [3.8, 4) is 0 Å². The summed E-state index contributed by atoms with van der Waals surface area (Å²) < 4.78 is 0. The molecule has 0 unspecified atom stereocenters. The van der Waals surface area contributed by atoms with E-state index in [1.807, 2.05) is 7.05 Å². The van der Waals surface area contributed by atoms with Gasteiger partial charge in [-0.05, 0) is 25.5 Å². The van der Waals surface area contributed by atoms with Gasteiger partial charge in [-0.15, -0.1) is 0 Å². The molecule has 5 nitrogen and oxygen atoms in total. The van der Waals surface area contributed by atoms with Gasteiger partial charge in [0.2, 0.25) is 0 Å². The molecule has 0 saturated heterocycles. The molecule has 0 spiro atoms. The van der Waals surface area contributed by atoms with Crippen LogP contribution in [0.5, 0.6) is 0 Å². The summed E-state index contributed by atoms with van der Waals surface area (Å²) in [4.78, 5) is 10.2. The molecular formula is C15H23NO4. The second kappa shape index (κ2) is 8.68. The number of carbonyl (C=O) groups is 1. The molecule has 0 radical (unpaired) electrons. The van der Waals surface area contributed by atoms with Crippen LogP contribution in [-0.2, 0) is 4.79 Å². The molecule has 4 N–H and O–H groups in total. The van der Waals surface area contributed by atoms with Crippen LogP contribution < -0.4 is 5.32 Å². The Kier molecular flexibility index (Phi) is 7.22. The van der Waals surface area contributed by atoms with Crippen LogP contribution >= 0.6 is 0 Å². The second-order valence-corrected chi connectivity index (χ2v) is 4.90. The molecule has 0 aliphatic heterocycles. The molecule has 20 heavy (non-hydrogen) atoms. The summed E-state index contributed by atoms with van der Waals surface area (Å²) >= 11 is 0. The Hall–Kier alpha value is -1.43. The first kappa shape index (κ1) is 16.6.